The topological polar surface area (TPSA) is 35.5 Å². The minimum absolute atomic E-state index is 0.131. The maximum absolute atomic E-state index is 15.3. The van der Waals surface area contributed by atoms with Gasteiger partial charge in [0.05, 0.1) is 12.2 Å². The fraction of sp³-hybridized carbons (Fsp3) is 0.240. The molecule has 172 valence electrons. The first-order valence-electron chi connectivity index (χ1n) is 10.4. The van der Waals surface area contributed by atoms with Crippen molar-refractivity contribution in [2.45, 2.75) is 32.8 Å². The van der Waals surface area contributed by atoms with E-state index in [2.05, 4.69) is 0 Å². The smallest absolute Gasteiger partial charge is 0.342 e. The van der Waals surface area contributed by atoms with E-state index in [1.807, 2.05) is 0 Å². The molecule has 0 amide bonds. The molecule has 1 atom stereocenters. The van der Waals surface area contributed by atoms with Crippen LogP contribution in [0.5, 0.6) is 5.75 Å². The Labute approximate surface area is 186 Å². The molecule has 1 aliphatic heterocycles. The largest absolute Gasteiger partial charge is 0.491 e. The molecular formula is C25H19F5O3. The first kappa shape index (κ1) is 22.8. The molecule has 0 saturated heterocycles. The van der Waals surface area contributed by atoms with Crippen LogP contribution in [0, 0.1) is 29.1 Å². The van der Waals surface area contributed by atoms with E-state index in [0.29, 0.717) is 0 Å². The highest BCUT2D eigenvalue weighted by Crippen LogP contribution is 2.38. The molecule has 0 radical (unpaired) electrons. The van der Waals surface area contributed by atoms with Crippen LogP contribution < -0.4 is 4.74 Å². The van der Waals surface area contributed by atoms with E-state index in [4.69, 9.17) is 9.47 Å². The Morgan fingerprint density at radius 3 is 2.24 bits per heavy atom. The fourth-order valence-electron chi connectivity index (χ4n) is 3.95. The summed E-state index contributed by atoms with van der Waals surface area (Å²) < 4.78 is 83.1. The van der Waals surface area contributed by atoms with Crippen LogP contribution in [0.4, 0.5) is 22.0 Å². The van der Waals surface area contributed by atoms with E-state index >= 15 is 4.39 Å². The van der Waals surface area contributed by atoms with Crippen molar-refractivity contribution < 1.29 is 36.2 Å². The normalized spacial score (nSPS) is 15.2. The van der Waals surface area contributed by atoms with Gasteiger partial charge in [-0.1, -0.05) is 31.2 Å². The van der Waals surface area contributed by atoms with Crippen molar-refractivity contribution in [3.63, 3.8) is 0 Å². The Hall–Kier alpha value is -3.42. The predicted octanol–water partition coefficient (Wildman–Crippen LogP) is 6.46. The van der Waals surface area contributed by atoms with Crippen LogP contribution in [0.2, 0.25) is 0 Å². The number of rotatable bonds is 5. The van der Waals surface area contributed by atoms with E-state index in [1.54, 1.807) is 13.8 Å². The monoisotopic (exact) mass is 462 g/mol. The Morgan fingerprint density at radius 1 is 0.848 bits per heavy atom. The fourth-order valence-corrected chi connectivity index (χ4v) is 3.95. The van der Waals surface area contributed by atoms with Gasteiger partial charge in [-0.2, -0.15) is 4.39 Å². The molecule has 1 heterocycles. The molecule has 3 aromatic carbocycles. The van der Waals surface area contributed by atoms with Crippen LogP contribution in [0.15, 0.2) is 36.4 Å². The first-order chi connectivity index (χ1) is 15.8. The third-order valence-electron chi connectivity index (χ3n) is 5.64. The first-order valence-corrected chi connectivity index (χ1v) is 10.4. The Bertz CT molecular complexity index is 1260. The number of esters is 1. The number of hydrogen-bond acceptors (Lipinski definition) is 3. The summed E-state index contributed by atoms with van der Waals surface area (Å²) in [5.74, 6) is -7.21. The predicted molar refractivity (Wildman–Crippen MR) is 111 cm³/mol. The number of ether oxygens (including phenoxy) is 2. The number of hydrogen-bond donors (Lipinski definition) is 0. The highest BCUT2D eigenvalue weighted by Gasteiger charge is 2.34. The van der Waals surface area contributed by atoms with Crippen molar-refractivity contribution in [1.29, 1.82) is 0 Å². The summed E-state index contributed by atoms with van der Waals surface area (Å²) in [6.07, 6.45) is -1.07. The van der Waals surface area contributed by atoms with E-state index < -0.39 is 46.7 Å². The quantitative estimate of drug-likeness (QED) is 0.322. The van der Waals surface area contributed by atoms with Crippen molar-refractivity contribution >= 4 is 5.97 Å². The number of carbonyl (C=O) groups excluding carboxylic acids is 1. The second kappa shape index (κ2) is 8.84. The lowest BCUT2D eigenvalue weighted by Crippen LogP contribution is -2.24. The summed E-state index contributed by atoms with van der Waals surface area (Å²) in [6, 6.07) is 7.66. The molecule has 0 fully saturated rings. The molecule has 1 unspecified atom stereocenters. The van der Waals surface area contributed by atoms with Gasteiger partial charge in [-0.15, -0.1) is 0 Å². The van der Waals surface area contributed by atoms with Crippen LogP contribution in [-0.4, -0.2) is 12.6 Å². The molecule has 8 heteroatoms. The molecular weight excluding hydrogens is 443 g/mol. The molecule has 0 aromatic heterocycles. The Kier molecular flexibility index (Phi) is 6.10. The summed E-state index contributed by atoms with van der Waals surface area (Å²) in [5, 5.41) is 0. The zero-order valence-corrected chi connectivity index (χ0v) is 17.8. The van der Waals surface area contributed by atoms with E-state index in [-0.39, 0.29) is 53.0 Å². The summed E-state index contributed by atoms with van der Waals surface area (Å²) in [7, 11) is 0. The van der Waals surface area contributed by atoms with Gasteiger partial charge in [-0.05, 0) is 36.6 Å². The number of halogens is 5. The van der Waals surface area contributed by atoms with E-state index in [0.717, 1.165) is 0 Å². The maximum atomic E-state index is 15.3. The zero-order chi connectivity index (χ0) is 23.9. The van der Waals surface area contributed by atoms with E-state index in [1.165, 1.54) is 36.4 Å². The molecule has 0 spiro atoms. The Balaban J connectivity index is 1.73. The number of aryl methyl sites for hydroxylation is 1. The number of cyclic esters (lactones) is 1. The average molecular weight is 462 g/mol. The van der Waals surface area contributed by atoms with Gasteiger partial charge in [0.1, 0.15) is 11.9 Å². The van der Waals surface area contributed by atoms with Crippen LogP contribution in [-0.2, 0) is 17.6 Å². The molecule has 1 aliphatic rings. The standard InChI is InChI=1S/C25H19F5O3/c1-3-12-5-7-15(22(28)20(12)26)14-8-6-13-11-18(33-25(31)19(13)21(14)27)16-9-10-17(32-4-2)24(30)23(16)29/h5-10,18H,3-4,11H2,1-2H3. The van der Waals surface area contributed by atoms with Crippen molar-refractivity contribution in [2.75, 3.05) is 6.61 Å². The van der Waals surface area contributed by atoms with Crippen LogP contribution >= 0.6 is 0 Å². The summed E-state index contributed by atoms with van der Waals surface area (Å²) in [6.45, 7) is 3.41. The minimum Gasteiger partial charge on any atom is -0.491 e. The Morgan fingerprint density at radius 2 is 1.55 bits per heavy atom. The van der Waals surface area contributed by atoms with Crippen molar-refractivity contribution in [3.8, 4) is 16.9 Å². The van der Waals surface area contributed by atoms with Gasteiger partial charge in [-0.3, -0.25) is 0 Å². The number of benzene rings is 3. The second-order valence-electron chi connectivity index (χ2n) is 7.53. The SMILES string of the molecule is CCOc1ccc(C2Cc3ccc(-c4ccc(CC)c(F)c4F)c(F)c3C(=O)O2)c(F)c1F. The van der Waals surface area contributed by atoms with Crippen LogP contribution in [0.1, 0.15) is 47.0 Å². The molecule has 0 bridgehead atoms. The summed E-state index contributed by atoms with van der Waals surface area (Å²) in [4.78, 5) is 12.6. The van der Waals surface area contributed by atoms with Gasteiger partial charge in [0.15, 0.2) is 23.2 Å². The molecule has 0 N–H and O–H groups in total. The van der Waals surface area contributed by atoms with E-state index in [9.17, 15) is 22.4 Å². The van der Waals surface area contributed by atoms with Crippen LogP contribution in [0.3, 0.4) is 0 Å². The van der Waals surface area contributed by atoms with Gasteiger partial charge in [0.25, 0.3) is 0 Å². The molecule has 3 nitrogen and oxygen atoms in total. The second-order valence-corrected chi connectivity index (χ2v) is 7.53. The summed E-state index contributed by atoms with van der Waals surface area (Å²) >= 11 is 0. The van der Waals surface area contributed by atoms with Gasteiger partial charge < -0.3 is 9.47 Å². The lowest BCUT2D eigenvalue weighted by atomic mass is 9.90. The highest BCUT2D eigenvalue weighted by molar-refractivity contribution is 5.94. The molecule has 4 rings (SSSR count). The molecule has 0 saturated carbocycles. The zero-order valence-electron chi connectivity index (χ0n) is 17.8. The molecule has 0 aliphatic carbocycles. The maximum Gasteiger partial charge on any atom is 0.342 e. The third-order valence-corrected chi connectivity index (χ3v) is 5.64. The minimum atomic E-state index is -1.23. The number of carbonyl (C=O) groups is 1. The van der Waals surface area contributed by atoms with Crippen molar-refractivity contribution in [2.24, 2.45) is 0 Å². The van der Waals surface area contributed by atoms with Gasteiger partial charge in [0, 0.05) is 23.1 Å². The average Bonchev–Trinajstić information content (AvgIpc) is 2.79. The van der Waals surface area contributed by atoms with Crippen LogP contribution in [0.25, 0.3) is 11.1 Å². The number of fused-ring (bicyclic) bond motifs is 1. The lowest BCUT2D eigenvalue weighted by molar-refractivity contribution is 0.0236. The van der Waals surface area contributed by atoms with Gasteiger partial charge in [0.2, 0.25) is 5.82 Å². The lowest BCUT2D eigenvalue weighted by Gasteiger charge is -2.26. The van der Waals surface area contributed by atoms with Gasteiger partial charge in [-0.25, -0.2) is 22.4 Å². The third kappa shape index (κ3) is 3.83. The van der Waals surface area contributed by atoms with Crippen molar-refractivity contribution in [1.82, 2.24) is 0 Å². The molecule has 3 aromatic rings. The van der Waals surface area contributed by atoms with Crippen molar-refractivity contribution in [3.05, 3.63) is 87.7 Å². The summed E-state index contributed by atoms with van der Waals surface area (Å²) in [5.41, 5.74) is -0.988. The molecule has 33 heavy (non-hydrogen) atoms. The highest BCUT2D eigenvalue weighted by atomic mass is 19.2. The van der Waals surface area contributed by atoms with Gasteiger partial charge >= 0.3 is 5.97 Å².